The zero-order chi connectivity index (χ0) is 25.5. The van der Waals surface area contributed by atoms with E-state index in [1.54, 1.807) is 17.9 Å². The lowest BCUT2D eigenvalue weighted by Crippen LogP contribution is -2.43. The molecular weight excluding hydrogens is 508 g/mol. The Bertz CT molecular complexity index is 1030. The third-order valence-electron chi connectivity index (χ3n) is 6.96. The van der Waals surface area contributed by atoms with E-state index >= 15 is 0 Å². The summed E-state index contributed by atoms with van der Waals surface area (Å²) in [5.41, 5.74) is 3.93. The van der Waals surface area contributed by atoms with E-state index in [2.05, 4.69) is 45.0 Å². The minimum Gasteiger partial charge on any atom is -0.618 e. The Morgan fingerprint density at radius 2 is 1.91 bits per heavy atom. The number of carbonyl (C=O) groups is 1. The molecule has 2 aromatic rings. The van der Waals surface area contributed by atoms with Crippen molar-refractivity contribution in [3.05, 3.63) is 68.6 Å². The summed E-state index contributed by atoms with van der Waals surface area (Å²) in [4.78, 5) is 22.7. The molecule has 1 saturated heterocycles. The minimum atomic E-state index is -0.0950. The van der Waals surface area contributed by atoms with E-state index in [9.17, 15) is 10.0 Å². The number of rotatable bonds is 9. The highest BCUT2D eigenvalue weighted by molar-refractivity contribution is 9.10. The summed E-state index contributed by atoms with van der Waals surface area (Å²) >= 11 is 3.51. The zero-order valence-corrected chi connectivity index (χ0v) is 23.0. The number of pyridine rings is 1. The second-order valence-corrected chi connectivity index (χ2v) is 10.3. The van der Waals surface area contributed by atoms with Crippen molar-refractivity contribution < 1.29 is 14.4 Å². The highest BCUT2D eigenvalue weighted by atomic mass is 79.9. The molecule has 35 heavy (non-hydrogen) atoms. The van der Waals surface area contributed by atoms with Gasteiger partial charge in [-0.05, 0) is 76.4 Å². The van der Waals surface area contributed by atoms with Crippen LogP contribution in [0.4, 0.5) is 0 Å². The van der Waals surface area contributed by atoms with Crippen LogP contribution < -0.4 is 4.73 Å². The van der Waals surface area contributed by atoms with Crippen molar-refractivity contribution >= 4 is 27.5 Å². The first-order valence-corrected chi connectivity index (χ1v) is 13.2. The lowest BCUT2D eigenvalue weighted by molar-refractivity contribution is -0.612. The van der Waals surface area contributed by atoms with E-state index in [1.807, 2.05) is 33.0 Å². The summed E-state index contributed by atoms with van der Waals surface area (Å²) in [6.07, 6.45) is 4.37. The number of nitrogens with zero attached hydrogens (tertiary/aromatic N) is 4. The van der Waals surface area contributed by atoms with E-state index in [-0.39, 0.29) is 5.91 Å². The lowest BCUT2D eigenvalue weighted by Gasteiger charge is -2.37. The SMILES string of the molecule is CCO/N=C(/c1ccc(Br)cc1)C1CCN(C(C)CCN(C)C(=O)c2c(C)cc[n+]([O-])c2C)CC1. The molecule has 1 aliphatic rings. The number of hydrogen-bond acceptors (Lipinski definition) is 5. The van der Waals surface area contributed by atoms with Crippen LogP contribution in [0.2, 0.25) is 0 Å². The highest BCUT2D eigenvalue weighted by Gasteiger charge is 2.28. The van der Waals surface area contributed by atoms with E-state index < -0.39 is 0 Å². The van der Waals surface area contributed by atoms with Gasteiger partial charge >= 0.3 is 0 Å². The Morgan fingerprint density at radius 1 is 1.26 bits per heavy atom. The molecule has 0 saturated carbocycles. The van der Waals surface area contributed by atoms with Crippen LogP contribution in [0.5, 0.6) is 0 Å². The van der Waals surface area contributed by atoms with Crippen LogP contribution in [0, 0.1) is 25.0 Å². The fourth-order valence-corrected chi connectivity index (χ4v) is 4.94. The standard InChI is InChI=1S/C27H37BrN4O3/c1-6-35-29-26(22-7-9-24(28)10-8-22)23-13-16-31(17-14-23)20(3)12-15-30(5)27(33)25-19(2)11-18-32(34)21(25)4/h7-11,18,20,23H,6,12-17H2,1-5H3/b29-26-. The van der Waals surface area contributed by atoms with Gasteiger partial charge in [-0.15, -0.1) is 0 Å². The topological polar surface area (TPSA) is 72.1 Å². The number of piperidine rings is 1. The van der Waals surface area contributed by atoms with Crippen molar-refractivity contribution in [3.63, 3.8) is 0 Å². The summed E-state index contributed by atoms with van der Waals surface area (Å²) in [5.74, 6) is 0.264. The summed E-state index contributed by atoms with van der Waals surface area (Å²) in [6, 6.07) is 10.3. The molecule has 0 bridgehead atoms. The quantitative estimate of drug-likeness (QED) is 0.198. The average molecular weight is 546 g/mol. The van der Waals surface area contributed by atoms with Crippen LogP contribution >= 0.6 is 15.9 Å². The van der Waals surface area contributed by atoms with Crippen molar-refractivity contribution in [3.8, 4) is 0 Å². The zero-order valence-electron chi connectivity index (χ0n) is 21.5. The molecule has 8 heteroatoms. The summed E-state index contributed by atoms with van der Waals surface area (Å²) < 4.78 is 1.81. The third-order valence-corrected chi connectivity index (χ3v) is 7.49. The summed E-state index contributed by atoms with van der Waals surface area (Å²) in [5, 5.41) is 16.4. The number of hydrogen-bond donors (Lipinski definition) is 0. The molecule has 0 radical (unpaired) electrons. The molecule has 190 valence electrons. The van der Waals surface area contributed by atoms with E-state index in [4.69, 9.17) is 4.84 Å². The Morgan fingerprint density at radius 3 is 2.54 bits per heavy atom. The van der Waals surface area contributed by atoms with E-state index in [0.717, 1.165) is 58.4 Å². The van der Waals surface area contributed by atoms with Crippen LogP contribution in [0.25, 0.3) is 0 Å². The first kappa shape index (κ1) is 27.1. The predicted molar refractivity (Wildman–Crippen MR) is 143 cm³/mol. The Balaban J connectivity index is 1.56. The average Bonchev–Trinajstić information content (AvgIpc) is 2.86. The summed E-state index contributed by atoms with van der Waals surface area (Å²) in [6.45, 7) is 10.9. The van der Waals surface area contributed by atoms with Crippen molar-refractivity contribution in [2.45, 2.75) is 53.0 Å². The number of oxime groups is 1. The monoisotopic (exact) mass is 544 g/mol. The number of amides is 1. The number of benzene rings is 1. The van der Waals surface area contributed by atoms with Gasteiger partial charge in [-0.25, -0.2) is 0 Å². The van der Waals surface area contributed by atoms with Crippen LogP contribution in [0.1, 0.15) is 60.3 Å². The van der Waals surface area contributed by atoms with Crippen molar-refractivity contribution in [1.82, 2.24) is 9.80 Å². The first-order chi connectivity index (χ1) is 16.7. The summed E-state index contributed by atoms with van der Waals surface area (Å²) in [7, 11) is 1.82. The van der Waals surface area contributed by atoms with Crippen LogP contribution in [-0.4, -0.2) is 60.7 Å². The van der Waals surface area contributed by atoms with Gasteiger partial charge in [-0.2, -0.15) is 4.73 Å². The number of carbonyl (C=O) groups excluding carboxylic acids is 1. The maximum absolute atomic E-state index is 13.0. The number of aromatic nitrogens is 1. The Labute approximate surface area is 217 Å². The van der Waals surface area contributed by atoms with Gasteiger partial charge in [0.1, 0.15) is 12.2 Å². The van der Waals surface area contributed by atoms with Crippen LogP contribution in [-0.2, 0) is 4.84 Å². The first-order valence-electron chi connectivity index (χ1n) is 12.4. The normalized spacial score (nSPS) is 16.2. The molecule has 0 aliphatic carbocycles. The number of likely N-dealkylation sites (tertiary alicyclic amines) is 1. The molecule has 7 nitrogen and oxygen atoms in total. The fourth-order valence-electron chi connectivity index (χ4n) is 4.68. The van der Waals surface area contributed by atoms with Crippen molar-refractivity contribution in [1.29, 1.82) is 0 Å². The van der Waals surface area contributed by atoms with Gasteiger partial charge in [0.05, 0.1) is 5.71 Å². The molecule has 0 N–H and O–H groups in total. The Kier molecular flexibility index (Phi) is 9.69. The molecule has 1 aromatic heterocycles. The molecule has 1 aromatic carbocycles. The maximum Gasteiger partial charge on any atom is 0.260 e. The van der Waals surface area contributed by atoms with Gasteiger partial charge < -0.3 is 19.8 Å². The highest BCUT2D eigenvalue weighted by Crippen LogP contribution is 2.26. The van der Waals surface area contributed by atoms with E-state index in [1.165, 1.54) is 6.20 Å². The van der Waals surface area contributed by atoms with Gasteiger partial charge in [-0.1, -0.05) is 33.2 Å². The van der Waals surface area contributed by atoms with Crippen LogP contribution in [0.3, 0.4) is 0 Å². The molecule has 1 fully saturated rings. The van der Waals surface area contributed by atoms with Crippen LogP contribution in [0.15, 0.2) is 46.2 Å². The van der Waals surface area contributed by atoms with E-state index in [0.29, 0.717) is 36.4 Å². The molecule has 3 rings (SSSR count). The second kappa shape index (κ2) is 12.5. The molecule has 1 amide bonds. The van der Waals surface area contributed by atoms with Gasteiger partial charge in [0.15, 0.2) is 6.20 Å². The number of aryl methyl sites for hydroxylation is 1. The van der Waals surface area contributed by atoms with Gasteiger partial charge in [0, 0.05) is 43.0 Å². The molecule has 1 aliphatic heterocycles. The van der Waals surface area contributed by atoms with Crippen molar-refractivity contribution in [2.75, 3.05) is 33.3 Å². The van der Waals surface area contributed by atoms with Crippen molar-refractivity contribution in [2.24, 2.45) is 11.1 Å². The molecule has 2 heterocycles. The largest absolute Gasteiger partial charge is 0.618 e. The molecule has 0 spiro atoms. The van der Waals surface area contributed by atoms with Gasteiger partial charge in [0.25, 0.3) is 5.91 Å². The molecular formula is C27H37BrN4O3. The molecule has 1 unspecified atom stereocenters. The third kappa shape index (κ3) is 6.82. The predicted octanol–water partition coefficient (Wildman–Crippen LogP) is 4.70. The smallest absolute Gasteiger partial charge is 0.260 e. The minimum absolute atomic E-state index is 0.0950. The van der Waals surface area contributed by atoms with Gasteiger partial charge in [0.2, 0.25) is 5.69 Å². The van der Waals surface area contributed by atoms with Gasteiger partial charge in [-0.3, -0.25) is 4.79 Å². The fraction of sp³-hybridized carbons (Fsp3) is 0.519. The maximum atomic E-state index is 13.0. The number of halogens is 1. The lowest BCUT2D eigenvalue weighted by atomic mass is 9.87. The second-order valence-electron chi connectivity index (χ2n) is 9.36. The Hall–Kier alpha value is -2.45. The molecule has 1 atom stereocenters.